The molecule has 6 heteroatoms. The maximum absolute atomic E-state index is 13.0. The average Bonchev–Trinajstić information content (AvgIpc) is 3.27. The number of hydrogen-bond donors (Lipinski definition) is 1. The van der Waals surface area contributed by atoms with Crippen LogP contribution in [0.3, 0.4) is 0 Å². The molecule has 1 heterocycles. The highest BCUT2D eigenvalue weighted by Gasteiger charge is 2.40. The van der Waals surface area contributed by atoms with Crippen LogP contribution in [0.5, 0.6) is 0 Å². The van der Waals surface area contributed by atoms with Crippen molar-refractivity contribution in [2.24, 2.45) is 23.2 Å². The first-order valence-electron chi connectivity index (χ1n) is 15.1. The van der Waals surface area contributed by atoms with Crippen LogP contribution in [0.25, 0.3) is 0 Å². The molecule has 0 spiro atoms. The van der Waals surface area contributed by atoms with Gasteiger partial charge in [0, 0.05) is 35.7 Å². The van der Waals surface area contributed by atoms with Crippen molar-refractivity contribution in [2.45, 2.75) is 88.4 Å². The van der Waals surface area contributed by atoms with Gasteiger partial charge in [0.15, 0.2) is 0 Å². The number of nitrogens with zero attached hydrogens (tertiary/aromatic N) is 1. The van der Waals surface area contributed by atoms with Gasteiger partial charge in [-0.05, 0) is 103 Å². The summed E-state index contributed by atoms with van der Waals surface area (Å²) >= 11 is 1.73. The summed E-state index contributed by atoms with van der Waals surface area (Å²) in [5, 5.41) is 3.79. The van der Waals surface area contributed by atoms with Crippen LogP contribution in [-0.2, 0) is 28.3 Å². The average molecular weight is 561 g/mol. The van der Waals surface area contributed by atoms with Gasteiger partial charge in [-0.2, -0.15) is 0 Å². The third kappa shape index (κ3) is 6.88. The molecule has 0 aromatic heterocycles. The molecule has 0 saturated heterocycles. The molecular weight excluding hydrogens is 516 g/mol. The van der Waals surface area contributed by atoms with E-state index < -0.39 is 6.04 Å². The van der Waals surface area contributed by atoms with Gasteiger partial charge in [-0.1, -0.05) is 44.2 Å². The van der Waals surface area contributed by atoms with Crippen LogP contribution in [-0.4, -0.2) is 42.5 Å². The number of hydrogen-bond acceptors (Lipinski definition) is 5. The Hall–Kier alpha value is -2.44. The highest BCUT2D eigenvalue weighted by molar-refractivity contribution is 7.98. The molecule has 214 valence electrons. The Bertz CT molecular complexity index is 1180. The summed E-state index contributed by atoms with van der Waals surface area (Å²) in [6.07, 6.45) is 10.4. The van der Waals surface area contributed by atoms with Crippen LogP contribution < -0.4 is 5.32 Å². The lowest BCUT2D eigenvalue weighted by Crippen LogP contribution is -2.42. The van der Waals surface area contributed by atoms with Crippen LogP contribution >= 0.6 is 11.8 Å². The SMILES string of the molecule is CC1CC2CC(C1)CC(C)(CNCCc1ccc(CSc3cccc4c3CN(C(C=O)CCC=O)C4=O)cc1)C2. The third-order valence-electron chi connectivity index (χ3n) is 9.35. The molecule has 1 aliphatic heterocycles. The maximum atomic E-state index is 13.0. The number of nitrogens with one attached hydrogen (secondary N) is 1. The molecule has 1 amide bonds. The van der Waals surface area contributed by atoms with E-state index in [1.54, 1.807) is 16.7 Å². The van der Waals surface area contributed by atoms with Crippen molar-refractivity contribution < 1.29 is 14.4 Å². The molecule has 2 aromatic carbocycles. The van der Waals surface area contributed by atoms with E-state index in [1.807, 2.05) is 12.1 Å². The zero-order valence-corrected chi connectivity index (χ0v) is 24.9. The molecule has 2 bridgehead atoms. The van der Waals surface area contributed by atoms with E-state index in [2.05, 4.69) is 49.5 Å². The Morgan fingerprint density at radius 3 is 2.48 bits per heavy atom. The molecule has 3 aliphatic rings. The minimum absolute atomic E-state index is 0.117. The maximum Gasteiger partial charge on any atom is 0.255 e. The molecule has 3 atom stereocenters. The second-order valence-corrected chi connectivity index (χ2v) is 14.0. The molecule has 5 rings (SSSR count). The summed E-state index contributed by atoms with van der Waals surface area (Å²) in [7, 11) is 0. The van der Waals surface area contributed by atoms with E-state index in [1.165, 1.54) is 43.2 Å². The first kappa shape index (κ1) is 29.1. The lowest BCUT2D eigenvalue weighted by molar-refractivity contribution is -0.112. The van der Waals surface area contributed by atoms with Crippen LogP contribution in [0.15, 0.2) is 47.4 Å². The number of benzene rings is 2. The molecule has 40 heavy (non-hydrogen) atoms. The molecule has 2 aromatic rings. The largest absolute Gasteiger partial charge is 0.324 e. The lowest BCUT2D eigenvalue weighted by atomic mass is 9.59. The highest BCUT2D eigenvalue weighted by Crippen LogP contribution is 2.49. The molecule has 2 fully saturated rings. The van der Waals surface area contributed by atoms with Gasteiger partial charge >= 0.3 is 0 Å². The molecule has 0 radical (unpaired) electrons. The third-order valence-corrected chi connectivity index (χ3v) is 10.5. The van der Waals surface area contributed by atoms with Gasteiger partial charge in [0.25, 0.3) is 5.91 Å². The Morgan fingerprint density at radius 2 is 1.77 bits per heavy atom. The van der Waals surface area contributed by atoms with E-state index in [-0.39, 0.29) is 12.3 Å². The quantitative estimate of drug-likeness (QED) is 0.173. The van der Waals surface area contributed by atoms with Crippen molar-refractivity contribution in [3.05, 3.63) is 64.7 Å². The van der Waals surface area contributed by atoms with Gasteiger partial charge < -0.3 is 19.8 Å². The van der Waals surface area contributed by atoms with Crippen LogP contribution in [0, 0.1) is 23.2 Å². The van der Waals surface area contributed by atoms with E-state index in [9.17, 15) is 14.4 Å². The topological polar surface area (TPSA) is 66.5 Å². The van der Waals surface area contributed by atoms with Crippen molar-refractivity contribution in [2.75, 3.05) is 13.1 Å². The van der Waals surface area contributed by atoms with Crippen molar-refractivity contribution in [1.82, 2.24) is 10.2 Å². The standard InChI is InChI=1S/C34H44N2O3S/c1-24-15-27-17-28(16-24)19-34(2,18-27)23-35-13-12-25-8-10-26(11-9-25)22-40-32-7-3-6-30-31(32)20-36(33(30)39)29(21-38)5-4-14-37/h3,6-11,14,21,24,27-29,35H,4-5,12-13,15-20,22-23H2,1-2H3. The number of fused-ring (bicyclic) bond motifs is 3. The van der Waals surface area contributed by atoms with Gasteiger partial charge in [-0.3, -0.25) is 4.79 Å². The first-order chi connectivity index (χ1) is 19.4. The monoisotopic (exact) mass is 560 g/mol. The summed E-state index contributed by atoms with van der Waals surface area (Å²) < 4.78 is 0. The zero-order chi connectivity index (χ0) is 28.1. The fourth-order valence-corrected chi connectivity index (χ4v) is 8.74. The van der Waals surface area contributed by atoms with Gasteiger partial charge in [0.2, 0.25) is 0 Å². The van der Waals surface area contributed by atoms with Gasteiger partial charge in [0.05, 0.1) is 6.04 Å². The number of aldehydes is 2. The van der Waals surface area contributed by atoms with Crippen molar-refractivity contribution >= 4 is 30.2 Å². The molecule has 3 unspecified atom stereocenters. The molecule has 1 N–H and O–H groups in total. The Balaban J connectivity index is 1.09. The second kappa shape index (κ2) is 13.0. The predicted molar refractivity (Wildman–Crippen MR) is 161 cm³/mol. The van der Waals surface area contributed by atoms with Crippen molar-refractivity contribution in [3.63, 3.8) is 0 Å². The lowest BCUT2D eigenvalue weighted by Gasteiger charge is -2.47. The fourth-order valence-electron chi connectivity index (χ4n) is 7.70. The van der Waals surface area contributed by atoms with E-state index in [0.717, 1.165) is 66.0 Å². The highest BCUT2D eigenvalue weighted by atomic mass is 32.2. The minimum Gasteiger partial charge on any atom is -0.324 e. The van der Waals surface area contributed by atoms with Crippen molar-refractivity contribution in [1.29, 1.82) is 0 Å². The number of amides is 1. The van der Waals surface area contributed by atoms with E-state index >= 15 is 0 Å². The first-order valence-corrected chi connectivity index (χ1v) is 16.1. The Kier molecular flexibility index (Phi) is 9.47. The normalized spacial score (nSPS) is 26.4. The summed E-state index contributed by atoms with van der Waals surface area (Å²) in [6, 6.07) is 14.2. The number of carbonyl (C=O) groups is 3. The van der Waals surface area contributed by atoms with Crippen LogP contribution in [0.2, 0.25) is 0 Å². The molecule has 2 saturated carbocycles. The number of thioether (sulfide) groups is 1. The Morgan fingerprint density at radius 1 is 1.05 bits per heavy atom. The van der Waals surface area contributed by atoms with E-state index in [0.29, 0.717) is 23.9 Å². The summed E-state index contributed by atoms with van der Waals surface area (Å²) in [5.41, 5.74) is 4.73. The van der Waals surface area contributed by atoms with E-state index in [4.69, 9.17) is 0 Å². The van der Waals surface area contributed by atoms with Gasteiger partial charge in [-0.25, -0.2) is 0 Å². The molecule has 2 aliphatic carbocycles. The summed E-state index contributed by atoms with van der Waals surface area (Å²) in [6.45, 7) is 7.52. The molecular formula is C34H44N2O3S. The molecule has 5 nitrogen and oxygen atoms in total. The predicted octanol–water partition coefficient (Wildman–Crippen LogP) is 6.47. The van der Waals surface area contributed by atoms with Crippen molar-refractivity contribution in [3.8, 4) is 0 Å². The van der Waals surface area contributed by atoms with Gasteiger partial charge in [0.1, 0.15) is 12.6 Å². The number of rotatable bonds is 13. The van der Waals surface area contributed by atoms with Crippen LogP contribution in [0.1, 0.15) is 85.8 Å². The Labute approximate surface area is 243 Å². The van der Waals surface area contributed by atoms with Crippen LogP contribution in [0.4, 0.5) is 0 Å². The van der Waals surface area contributed by atoms with Gasteiger partial charge in [-0.15, -0.1) is 11.8 Å². The fraction of sp³-hybridized carbons (Fsp3) is 0.559. The summed E-state index contributed by atoms with van der Waals surface area (Å²) in [5.74, 6) is 3.51. The number of carbonyl (C=O) groups excluding carboxylic acids is 3. The second-order valence-electron chi connectivity index (χ2n) is 13.0. The smallest absolute Gasteiger partial charge is 0.255 e. The minimum atomic E-state index is -0.556. The summed E-state index contributed by atoms with van der Waals surface area (Å²) in [4.78, 5) is 38.0. The zero-order valence-electron chi connectivity index (χ0n) is 24.1.